The molecule has 2 fully saturated rings. The van der Waals surface area contributed by atoms with Crippen LogP contribution in [-0.4, -0.2) is 72.5 Å². The number of hydrogen-bond acceptors (Lipinski definition) is 5. The molecule has 2 aliphatic carbocycles. The van der Waals surface area contributed by atoms with Crippen LogP contribution in [0.3, 0.4) is 0 Å². The molecule has 3 aliphatic rings. The molecule has 1 N–H and O–H groups in total. The molecule has 5 rings (SSSR count). The first kappa shape index (κ1) is 24.3. The molecule has 2 aromatic rings. The lowest BCUT2D eigenvalue weighted by atomic mass is 10.0. The topological polar surface area (TPSA) is 91.7 Å². The van der Waals surface area contributed by atoms with E-state index in [2.05, 4.69) is 10.2 Å². The summed E-state index contributed by atoms with van der Waals surface area (Å²) in [6.07, 6.45) is 10.0. The van der Waals surface area contributed by atoms with Gasteiger partial charge in [-0.05, 0) is 55.9 Å². The molecule has 2 heterocycles. The Kier molecular flexibility index (Phi) is 6.65. The summed E-state index contributed by atoms with van der Waals surface area (Å²) in [6.45, 7) is 2.09. The van der Waals surface area contributed by atoms with Gasteiger partial charge in [-0.3, -0.25) is 14.5 Å². The fourth-order valence-corrected chi connectivity index (χ4v) is 6.88. The number of nitrogens with one attached hydrogen (secondary N) is 1. The van der Waals surface area contributed by atoms with E-state index >= 15 is 0 Å². The van der Waals surface area contributed by atoms with Crippen molar-refractivity contribution in [2.45, 2.75) is 76.4 Å². The van der Waals surface area contributed by atoms with Crippen molar-refractivity contribution < 1.29 is 18.0 Å². The number of rotatable bonds is 8. The zero-order valence-electron chi connectivity index (χ0n) is 20.8. The second-order valence-electron chi connectivity index (χ2n) is 10.5. The van der Waals surface area contributed by atoms with Gasteiger partial charge in [-0.1, -0.05) is 12.8 Å². The number of carbonyl (C=O) groups excluding carboxylic acids is 2. The molecule has 0 radical (unpaired) electrons. The van der Waals surface area contributed by atoms with E-state index in [4.69, 9.17) is 0 Å². The van der Waals surface area contributed by atoms with Crippen LogP contribution in [0.4, 0.5) is 0 Å². The van der Waals surface area contributed by atoms with E-state index in [0.29, 0.717) is 49.0 Å². The minimum Gasteiger partial charge on any atom is -0.353 e. The third-order valence-electron chi connectivity index (χ3n) is 7.74. The van der Waals surface area contributed by atoms with Crippen molar-refractivity contribution in [1.82, 2.24) is 19.1 Å². The van der Waals surface area contributed by atoms with E-state index in [0.717, 1.165) is 42.6 Å². The van der Waals surface area contributed by atoms with Crippen LogP contribution in [0.15, 0.2) is 18.2 Å². The third kappa shape index (κ3) is 5.11. The largest absolute Gasteiger partial charge is 0.353 e. The number of nitrogens with zero attached hydrogens (tertiary/aromatic N) is 3. The summed E-state index contributed by atoms with van der Waals surface area (Å²) in [6, 6.07) is 6.28. The molecular formula is C26H36N4O4S. The third-order valence-corrected chi connectivity index (χ3v) is 8.82. The maximum absolute atomic E-state index is 13.2. The first-order valence-electron chi connectivity index (χ1n) is 12.9. The lowest BCUT2D eigenvalue weighted by Gasteiger charge is -2.32. The fourth-order valence-electron chi connectivity index (χ4n) is 5.76. The Bertz CT molecular complexity index is 1240. The van der Waals surface area contributed by atoms with E-state index in [1.54, 1.807) is 24.1 Å². The molecule has 8 nitrogen and oxygen atoms in total. The quantitative estimate of drug-likeness (QED) is 0.602. The fraction of sp³-hybridized carbons (Fsp3) is 0.615. The molecule has 2 amide bonds. The second-order valence-corrected chi connectivity index (χ2v) is 12.3. The zero-order chi connectivity index (χ0) is 24.7. The number of fused-ring (bicyclic) bond motifs is 3. The van der Waals surface area contributed by atoms with Crippen molar-refractivity contribution in [2.75, 3.05) is 26.4 Å². The van der Waals surface area contributed by atoms with Crippen molar-refractivity contribution in [3.63, 3.8) is 0 Å². The molecule has 1 aliphatic heterocycles. The van der Waals surface area contributed by atoms with Crippen molar-refractivity contribution in [3.05, 3.63) is 35.0 Å². The standard InChI is InChI=1S/C26H36N4O4S/c1-28(14-5-8-25(31)27-19-10-11-19)26(32)18-9-12-23-21(16-18)22-17-29(20-6-3-4-7-20)15-13-24(22)30(23)35(2,33)34/h9,12,16,19-20H,3-8,10-11,13-15,17H2,1-2H3,(H,27,31). The van der Waals surface area contributed by atoms with E-state index in [1.165, 1.54) is 35.9 Å². The number of amides is 2. The van der Waals surface area contributed by atoms with Gasteiger partial charge in [0.15, 0.2) is 0 Å². The lowest BCUT2D eigenvalue weighted by molar-refractivity contribution is -0.121. The highest BCUT2D eigenvalue weighted by Gasteiger charge is 2.32. The van der Waals surface area contributed by atoms with Gasteiger partial charge < -0.3 is 10.2 Å². The molecule has 0 bridgehead atoms. The Labute approximate surface area is 207 Å². The van der Waals surface area contributed by atoms with Crippen LogP contribution in [0.1, 0.15) is 73.0 Å². The van der Waals surface area contributed by atoms with Crippen molar-refractivity contribution in [2.24, 2.45) is 0 Å². The monoisotopic (exact) mass is 500 g/mol. The van der Waals surface area contributed by atoms with Crippen LogP contribution in [0.5, 0.6) is 0 Å². The molecule has 1 aromatic carbocycles. The number of hydrogen-bond donors (Lipinski definition) is 1. The SMILES string of the molecule is CN(CCCC(=O)NC1CC1)C(=O)c1ccc2c(c1)c1c(n2S(C)(=O)=O)CCN(C2CCCC2)C1. The van der Waals surface area contributed by atoms with E-state index < -0.39 is 10.0 Å². The summed E-state index contributed by atoms with van der Waals surface area (Å²) in [5.74, 6) is -0.0610. The Balaban J connectivity index is 1.37. The van der Waals surface area contributed by atoms with Gasteiger partial charge in [0.1, 0.15) is 0 Å². The van der Waals surface area contributed by atoms with Gasteiger partial charge >= 0.3 is 0 Å². The van der Waals surface area contributed by atoms with Gasteiger partial charge in [0.25, 0.3) is 5.91 Å². The van der Waals surface area contributed by atoms with Gasteiger partial charge in [-0.25, -0.2) is 12.4 Å². The molecule has 0 spiro atoms. The Morgan fingerprint density at radius 3 is 2.57 bits per heavy atom. The van der Waals surface area contributed by atoms with Gasteiger partial charge in [-0.2, -0.15) is 0 Å². The smallest absolute Gasteiger partial charge is 0.253 e. The minimum atomic E-state index is -3.47. The second kappa shape index (κ2) is 9.58. The average Bonchev–Trinajstić information content (AvgIpc) is 3.33. The van der Waals surface area contributed by atoms with Gasteiger partial charge in [-0.15, -0.1) is 0 Å². The van der Waals surface area contributed by atoms with E-state index in [9.17, 15) is 18.0 Å². The number of aromatic nitrogens is 1. The minimum absolute atomic E-state index is 0.0512. The van der Waals surface area contributed by atoms with Crippen LogP contribution in [-0.2, 0) is 27.8 Å². The molecule has 0 saturated heterocycles. The summed E-state index contributed by atoms with van der Waals surface area (Å²) in [5.41, 5.74) is 3.10. The van der Waals surface area contributed by atoms with Crippen molar-refractivity contribution in [3.8, 4) is 0 Å². The first-order valence-corrected chi connectivity index (χ1v) is 14.7. The Hall–Kier alpha value is -2.39. The highest BCUT2D eigenvalue weighted by Crippen LogP contribution is 2.35. The molecular weight excluding hydrogens is 464 g/mol. The lowest BCUT2D eigenvalue weighted by Crippen LogP contribution is -2.38. The zero-order valence-corrected chi connectivity index (χ0v) is 21.6. The molecule has 190 valence electrons. The summed E-state index contributed by atoms with van der Waals surface area (Å²) in [4.78, 5) is 29.3. The first-order chi connectivity index (χ1) is 16.7. The number of carbonyl (C=O) groups is 2. The van der Waals surface area contributed by atoms with Crippen LogP contribution in [0.25, 0.3) is 10.9 Å². The normalized spacial score (nSPS) is 19.1. The summed E-state index contributed by atoms with van der Waals surface area (Å²) < 4.78 is 26.9. The molecule has 35 heavy (non-hydrogen) atoms. The van der Waals surface area contributed by atoms with E-state index in [-0.39, 0.29) is 11.8 Å². The maximum Gasteiger partial charge on any atom is 0.253 e. The Morgan fingerprint density at radius 1 is 1.14 bits per heavy atom. The van der Waals surface area contributed by atoms with Gasteiger partial charge in [0.05, 0.1) is 11.8 Å². The molecule has 1 aromatic heterocycles. The molecule has 9 heteroatoms. The molecule has 0 unspecified atom stereocenters. The highest BCUT2D eigenvalue weighted by molar-refractivity contribution is 7.89. The predicted octanol–water partition coefficient (Wildman–Crippen LogP) is 2.88. The Morgan fingerprint density at radius 2 is 1.89 bits per heavy atom. The summed E-state index contributed by atoms with van der Waals surface area (Å²) in [7, 11) is -1.72. The number of benzene rings is 1. The summed E-state index contributed by atoms with van der Waals surface area (Å²) >= 11 is 0. The van der Waals surface area contributed by atoms with Gasteiger partial charge in [0, 0.05) is 68.3 Å². The van der Waals surface area contributed by atoms with Crippen LogP contribution in [0.2, 0.25) is 0 Å². The van der Waals surface area contributed by atoms with Gasteiger partial charge in [0.2, 0.25) is 15.9 Å². The average molecular weight is 501 g/mol. The van der Waals surface area contributed by atoms with Crippen LogP contribution in [0, 0.1) is 0 Å². The van der Waals surface area contributed by atoms with Crippen LogP contribution >= 0.6 is 0 Å². The van der Waals surface area contributed by atoms with Crippen molar-refractivity contribution in [1.29, 1.82) is 0 Å². The highest BCUT2D eigenvalue weighted by atomic mass is 32.2. The maximum atomic E-state index is 13.2. The van der Waals surface area contributed by atoms with Crippen molar-refractivity contribution >= 4 is 32.7 Å². The predicted molar refractivity (Wildman–Crippen MR) is 136 cm³/mol. The molecule has 2 saturated carbocycles. The molecule has 0 atom stereocenters. The van der Waals surface area contributed by atoms with E-state index in [1.807, 2.05) is 6.07 Å². The summed E-state index contributed by atoms with van der Waals surface area (Å²) in [5, 5.41) is 3.84. The van der Waals surface area contributed by atoms with Crippen LogP contribution < -0.4 is 5.32 Å².